The molecule has 2 aromatic carbocycles. The SMILES string of the molecule is CNC(=O)[C@@H]1[C@H]2C(=O)N([C@H](CO)c3ccccc3)C(C(=O)Nc3cc(C)ccc3C)C23CC[C@@]1(C)S3. The summed E-state index contributed by atoms with van der Waals surface area (Å²) in [7, 11) is 1.59. The molecule has 0 saturated carbocycles. The van der Waals surface area contributed by atoms with Crippen LogP contribution in [0, 0.1) is 25.7 Å². The van der Waals surface area contributed by atoms with Crippen LogP contribution in [-0.4, -0.2) is 56.9 Å². The number of aliphatic hydroxyl groups excluding tert-OH is 1. The van der Waals surface area contributed by atoms with E-state index < -0.39 is 33.4 Å². The molecule has 7 nitrogen and oxygen atoms in total. The van der Waals surface area contributed by atoms with Gasteiger partial charge in [0, 0.05) is 17.5 Å². The first kappa shape index (κ1) is 24.8. The fourth-order valence-corrected chi connectivity index (χ4v) is 9.00. The smallest absolute Gasteiger partial charge is 0.248 e. The predicted molar refractivity (Wildman–Crippen MR) is 140 cm³/mol. The summed E-state index contributed by atoms with van der Waals surface area (Å²) in [6.45, 7) is 5.63. The Labute approximate surface area is 216 Å². The highest BCUT2D eigenvalue weighted by Gasteiger charge is 2.77. The first-order valence-electron chi connectivity index (χ1n) is 12.4. The van der Waals surface area contributed by atoms with E-state index in [1.807, 2.05) is 69.3 Å². The summed E-state index contributed by atoms with van der Waals surface area (Å²) in [5.41, 5.74) is 3.42. The Morgan fingerprint density at radius 1 is 1.14 bits per heavy atom. The average Bonchev–Trinajstić information content (AvgIpc) is 3.43. The van der Waals surface area contributed by atoms with Crippen LogP contribution in [0.3, 0.4) is 0 Å². The van der Waals surface area contributed by atoms with Crippen LogP contribution < -0.4 is 10.6 Å². The van der Waals surface area contributed by atoms with Crippen molar-refractivity contribution < 1.29 is 19.5 Å². The van der Waals surface area contributed by atoms with Crippen LogP contribution >= 0.6 is 11.8 Å². The predicted octanol–water partition coefficient (Wildman–Crippen LogP) is 3.20. The van der Waals surface area contributed by atoms with Gasteiger partial charge in [-0.05, 0) is 56.4 Å². The summed E-state index contributed by atoms with van der Waals surface area (Å²) in [6.07, 6.45) is 1.40. The van der Waals surface area contributed by atoms with Gasteiger partial charge in [0.25, 0.3) is 0 Å². The molecular weight excluding hydrogens is 474 g/mol. The lowest BCUT2D eigenvalue weighted by molar-refractivity contribution is -0.142. The molecule has 1 spiro atoms. The minimum atomic E-state index is -0.825. The Balaban J connectivity index is 1.63. The van der Waals surface area contributed by atoms with Crippen molar-refractivity contribution in [3.63, 3.8) is 0 Å². The third kappa shape index (κ3) is 3.57. The molecule has 36 heavy (non-hydrogen) atoms. The van der Waals surface area contributed by atoms with Crippen molar-refractivity contribution in [2.75, 3.05) is 19.0 Å². The van der Waals surface area contributed by atoms with Crippen molar-refractivity contribution in [2.24, 2.45) is 11.8 Å². The number of hydrogen-bond donors (Lipinski definition) is 3. The van der Waals surface area contributed by atoms with Crippen LogP contribution in [0.15, 0.2) is 48.5 Å². The number of aryl methyl sites for hydroxylation is 2. The lowest BCUT2D eigenvalue weighted by atomic mass is 9.66. The number of fused-ring (bicyclic) bond motifs is 1. The maximum absolute atomic E-state index is 14.2. The Kier molecular flexibility index (Phi) is 6.16. The molecule has 3 amide bonds. The molecular formula is C28H33N3O4S. The topological polar surface area (TPSA) is 98.7 Å². The van der Waals surface area contributed by atoms with E-state index >= 15 is 0 Å². The Morgan fingerprint density at radius 3 is 2.53 bits per heavy atom. The third-order valence-corrected chi connectivity index (χ3v) is 10.3. The van der Waals surface area contributed by atoms with Crippen LogP contribution in [0.4, 0.5) is 5.69 Å². The second kappa shape index (κ2) is 8.92. The van der Waals surface area contributed by atoms with E-state index in [1.165, 1.54) is 0 Å². The van der Waals surface area contributed by atoms with Crippen molar-refractivity contribution in [1.82, 2.24) is 10.2 Å². The molecule has 2 aromatic rings. The number of carbonyl (C=O) groups is 3. The van der Waals surface area contributed by atoms with Crippen molar-refractivity contribution >= 4 is 35.2 Å². The third-order valence-electron chi connectivity index (χ3n) is 8.34. The molecule has 2 bridgehead atoms. The highest BCUT2D eigenvalue weighted by atomic mass is 32.2. The first-order valence-corrected chi connectivity index (χ1v) is 13.3. The highest BCUT2D eigenvalue weighted by molar-refractivity contribution is 8.02. The van der Waals surface area contributed by atoms with E-state index in [0.29, 0.717) is 12.1 Å². The van der Waals surface area contributed by atoms with Gasteiger partial charge in [0.1, 0.15) is 6.04 Å². The molecule has 5 rings (SSSR count). The maximum Gasteiger partial charge on any atom is 0.248 e. The zero-order valence-electron chi connectivity index (χ0n) is 21.1. The minimum Gasteiger partial charge on any atom is -0.394 e. The van der Waals surface area contributed by atoms with Crippen molar-refractivity contribution in [3.05, 3.63) is 65.2 Å². The number of aliphatic hydroxyl groups is 1. The summed E-state index contributed by atoms with van der Waals surface area (Å²) < 4.78 is -1.17. The minimum absolute atomic E-state index is 0.166. The maximum atomic E-state index is 14.2. The van der Waals surface area contributed by atoms with Crippen molar-refractivity contribution in [3.8, 4) is 0 Å². The number of hydrogen-bond acceptors (Lipinski definition) is 5. The molecule has 0 radical (unpaired) electrons. The number of anilines is 1. The largest absolute Gasteiger partial charge is 0.394 e. The molecule has 3 aliphatic rings. The number of benzene rings is 2. The molecule has 6 atom stereocenters. The van der Waals surface area contributed by atoms with Gasteiger partial charge in [-0.1, -0.05) is 42.5 Å². The quantitative estimate of drug-likeness (QED) is 0.558. The van der Waals surface area contributed by atoms with E-state index in [0.717, 1.165) is 23.1 Å². The number of amides is 3. The summed E-state index contributed by atoms with van der Waals surface area (Å²) in [5, 5.41) is 16.4. The van der Waals surface area contributed by atoms with Gasteiger partial charge < -0.3 is 20.6 Å². The van der Waals surface area contributed by atoms with Gasteiger partial charge in [-0.3, -0.25) is 14.4 Å². The monoisotopic (exact) mass is 507 g/mol. The summed E-state index contributed by atoms with van der Waals surface area (Å²) in [4.78, 5) is 43.1. The van der Waals surface area contributed by atoms with Crippen LogP contribution in [0.25, 0.3) is 0 Å². The highest BCUT2D eigenvalue weighted by Crippen LogP contribution is 2.72. The summed E-state index contributed by atoms with van der Waals surface area (Å²) >= 11 is 1.62. The van der Waals surface area contributed by atoms with Crippen molar-refractivity contribution in [1.29, 1.82) is 0 Å². The second-order valence-corrected chi connectivity index (χ2v) is 12.4. The fourth-order valence-electron chi connectivity index (χ4n) is 6.66. The molecule has 3 heterocycles. The molecule has 3 N–H and O–H groups in total. The lowest BCUT2D eigenvalue weighted by Crippen LogP contribution is -2.53. The van der Waals surface area contributed by atoms with Gasteiger partial charge in [-0.25, -0.2) is 0 Å². The molecule has 0 aromatic heterocycles. The molecule has 190 valence electrons. The number of nitrogens with one attached hydrogen (secondary N) is 2. The number of thioether (sulfide) groups is 1. The van der Waals surface area contributed by atoms with Gasteiger partial charge in [0.2, 0.25) is 17.7 Å². The number of carbonyl (C=O) groups excluding carboxylic acids is 3. The fraction of sp³-hybridized carbons (Fsp3) is 0.464. The zero-order valence-corrected chi connectivity index (χ0v) is 21.9. The van der Waals surface area contributed by atoms with Crippen LogP contribution in [0.5, 0.6) is 0 Å². The Bertz CT molecular complexity index is 1220. The standard InChI is InChI=1S/C28H33N3O4S/c1-16-10-11-17(2)19(14-16)30-25(34)23-28-13-12-27(3,36-28)21(24(33)29-4)22(28)26(35)31(23)20(15-32)18-8-6-5-7-9-18/h5-11,14,20-23,32H,12-13,15H2,1-4H3,(H,29,33)(H,30,34)/t20-,21+,22+,23?,27-,28?/m1/s1. The molecule has 3 fully saturated rings. The second-order valence-electron chi connectivity index (χ2n) is 10.5. The van der Waals surface area contributed by atoms with Crippen LogP contribution in [-0.2, 0) is 14.4 Å². The van der Waals surface area contributed by atoms with Gasteiger partial charge in [-0.2, -0.15) is 0 Å². The Hall–Kier alpha value is -2.84. The van der Waals surface area contributed by atoms with Crippen LogP contribution in [0.1, 0.15) is 42.5 Å². The summed E-state index contributed by atoms with van der Waals surface area (Å²) in [5.74, 6) is -1.84. The van der Waals surface area contributed by atoms with Crippen LogP contribution in [0.2, 0.25) is 0 Å². The van der Waals surface area contributed by atoms with E-state index in [9.17, 15) is 19.5 Å². The summed E-state index contributed by atoms with van der Waals surface area (Å²) in [6, 6.07) is 13.7. The van der Waals surface area contributed by atoms with E-state index in [-0.39, 0.29) is 24.3 Å². The zero-order chi connectivity index (χ0) is 25.8. The van der Waals surface area contributed by atoms with Crippen molar-refractivity contribution in [2.45, 2.75) is 55.2 Å². The van der Waals surface area contributed by atoms with E-state index in [1.54, 1.807) is 23.7 Å². The molecule has 0 aliphatic carbocycles. The lowest BCUT2D eigenvalue weighted by Gasteiger charge is -2.37. The number of nitrogens with zero attached hydrogens (tertiary/aromatic N) is 1. The average molecular weight is 508 g/mol. The molecule has 8 heteroatoms. The number of rotatable bonds is 6. The molecule has 3 aliphatic heterocycles. The molecule has 2 unspecified atom stereocenters. The Morgan fingerprint density at radius 2 is 1.86 bits per heavy atom. The van der Waals surface area contributed by atoms with E-state index in [4.69, 9.17) is 0 Å². The molecule has 3 saturated heterocycles. The first-order chi connectivity index (χ1) is 17.2. The van der Waals surface area contributed by atoms with E-state index in [2.05, 4.69) is 10.6 Å². The van der Waals surface area contributed by atoms with Gasteiger partial charge in [-0.15, -0.1) is 11.8 Å². The number of likely N-dealkylation sites (tertiary alicyclic amines) is 1. The van der Waals surface area contributed by atoms with Gasteiger partial charge >= 0.3 is 0 Å². The van der Waals surface area contributed by atoms with Gasteiger partial charge in [0.15, 0.2) is 0 Å². The van der Waals surface area contributed by atoms with Gasteiger partial charge in [0.05, 0.1) is 29.2 Å². The normalized spacial score (nSPS) is 31.3.